The van der Waals surface area contributed by atoms with E-state index in [2.05, 4.69) is 9.78 Å². The van der Waals surface area contributed by atoms with Crippen molar-refractivity contribution in [2.24, 2.45) is 0 Å². The molecule has 0 N–H and O–H groups in total. The fourth-order valence-electron chi connectivity index (χ4n) is 0.440. The Morgan fingerprint density at radius 3 is 1.43 bits per heavy atom. The van der Waals surface area contributed by atoms with E-state index < -0.39 is 0 Å². The van der Waals surface area contributed by atoms with Crippen LogP contribution >= 0.6 is 13.5 Å². The van der Waals surface area contributed by atoms with Gasteiger partial charge in [-0.3, -0.25) is 0 Å². The average Bonchev–Trinajstić information content (AvgIpc) is 1.72. The van der Waals surface area contributed by atoms with E-state index in [-0.39, 0.29) is 13.5 Å². The fourth-order valence-corrected chi connectivity index (χ4v) is 0.440. The molecule has 3 heteroatoms. The van der Waals surface area contributed by atoms with Gasteiger partial charge in [0.15, 0.2) is 0 Å². The zero-order chi connectivity index (χ0) is 4.24. The first-order chi connectivity index (χ1) is 3.00. The first-order valence-electron chi connectivity index (χ1n) is 2.24. The van der Waals surface area contributed by atoms with Gasteiger partial charge in [-0.25, -0.2) is 9.78 Å². The van der Waals surface area contributed by atoms with Crippen LogP contribution in [0.1, 0.15) is 12.8 Å². The highest BCUT2D eigenvalue weighted by molar-refractivity contribution is 7.59. The lowest BCUT2D eigenvalue weighted by Crippen LogP contribution is -2.05. The van der Waals surface area contributed by atoms with Crippen molar-refractivity contribution in [3.05, 3.63) is 0 Å². The minimum Gasteiger partial charge on any atom is -0.237 e. The van der Waals surface area contributed by atoms with Crippen molar-refractivity contribution in [1.29, 1.82) is 0 Å². The molecule has 2 nitrogen and oxygen atoms in total. The van der Waals surface area contributed by atoms with Crippen LogP contribution in [-0.2, 0) is 9.78 Å². The first kappa shape index (κ1) is 7.27. The summed E-state index contributed by atoms with van der Waals surface area (Å²) < 4.78 is 0. The largest absolute Gasteiger partial charge is 0.237 e. The van der Waals surface area contributed by atoms with Gasteiger partial charge in [0.1, 0.15) is 0 Å². The molecular formula is C4H10O2S. The second-order valence-corrected chi connectivity index (χ2v) is 1.35. The van der Waals surface area contributed by atoms with E-state index in [4.69, 9.17) is 0 Å². The Morgan fingerprint density at radius 1 is 0.857 bits per heavy atom. The summed E-state index contributed by atoms with van der Waals surface area (Å²) in [4.78, 5) is 9.14. The molecule has 1 aliphatic heterocycles. The van der Waals surface area contributed by atoms with Crippen LogP contribution in [0.15, 0.2) is 0 Å². The molecule has 0 aliphatic carbocycles. The predicted octanol–water partition coefficient (Wildman–Crippen LogP) is 0.841. The highest BCUT2D eigenvalue weighted by atomic mass is 32.1. The molecule has 0 radical (unpaired) electrons. The van der Waals surface area contributed by atoms with Gasteiger partial charge in [-0.05, 0) is 12.8 Å². The van der Waals surface area contributed by atoms with Gasteiger partial charge >= 0.3 is 0 Å². The van der Waals surface area contributed by atoms with Gasteiger partial charge in [0.05, 0.1) is 13.2 Å². The minimum absolute atomic E-state index is 0. The van der Waals surface area contributed by atoms with Gasteiger partial charge in [0.25, 0.3) is 0 Å². The molecule has 44 valence electrons. The lowest BCUT2D eigenvalue weighted by Gasteiger charge is -2.07. The van der Waals surface area contributed by atoms with Gasteiger partial charge < -0.3 is 0 Å². The van der Waals surface area contributed by atoms with Crippen molar-refractivity contribution in [3.63, 3.8) is 0 Å². The summed E-state index contributed by atoms with van der Waals surface area (Å²) in [6, 6.07) is 0. The standard InChI is InChI=1S/C4H8O2.H2S/c1-2-4-6-5-3-1;/h1-4H2;1H2. The lowest BCUT2D eigenvalue weighted by molar-refractivity contribution is -0.312. The Kier molecular flexibility index (Phi) is 4.60. The van der Waals surface area contributed by atoms with Crippen molar-refractivity contribution in [2.75, 3.05) is 13.2 Å². The second kappa shape index (κ2) is 4.43. The first-order valence-corrected chi connectivity index (χ1v) is 2.24. The van der Waals surface area contributed by atoms with Crippen LogP contribution in [0.25, 0.3) is 0 Å². The summed E-state index contributed by atoms with van der Waals surface area (Å²) in [5.74, 6) is 0. The highest BCUT2D eigenvalue weighted by Gasteiger charge is 1.95. The van der Waals surface area contributed by atoms with Crippen molar-refractivity contribution in [1.82, 2.24) is 0 Å². The molecule has 0 aromatic carbocycles. The maximum atomic E-state index is 4.57. The summed E-state index contributed by atoms with van der Waals surface area (Å²) in [7, 11) is 0. The zero-order valence-corrected chi connectivity index (χ0v) is 5.14. The van der Waals surface area contributed by atoms with Crippen LogP contribution in [0.2, 0.25) is 0 Å². The monoisotopic (exact) mass is 122 g/mol. The average molecular weight is 122 g/mol. The van der Waals surface area contributed by atoms with Crippen molar-refractivity contribution in [3.8, 4) is 0 Å². The van der Waals surface area contributed by atoms with Gasteiger partial charge in [0, 0.05) is 0 Å². The van der Waals surface area contributed by atoms with Crippen LogP contribution in [0.5, 0.6) is 0 Å². The summed E-state index contributed by atoms with van der Waals surface area (Å²) in [6.07, 6.45) is 2.31. The van der Waals surface area contributed by atoms with Crippen molar-refractivity contribution in [2.45, 2.75) is 12.8 Å². The van der Waals surface area contributed by atoms with E-state index in [1.165, 1.54) is 0 Å². The molecule has 0 unspecified atom stereocenters. The highest BCUT2D eigenvalue weighted by Crippen LogP contribution is 1.97. The van der Waals surface area contributed by atoms with Crippen LogP contribution in [-0.4, -0.2) is 13.2 Å². The molecule has 1 heterocycles. The number of hydrogen-bond donors (Lipinski definition) is 0. The molecule has 0 atom stereocenters. The van der Waals surface area contributed by atoms with E-state index in [0.29, 0.717) is 0 Å². The normalized spacial score (nSPS) is 20.6. The summed E-state index contributed by atoms with van der Waals surface area (Å²) in [5.41, 5.74) is 0. The van der Waals surface area contributed by atoms with E-state index >= 15 is 0 Å². The summed E-state index contributed by atoms with van der Waals surface area (Å²) >= 11 is 0. The van der Waals surface area contributed by atoms with Gasteiger partial charge in [-0.1, -0.05) is 0 Å². The van der Waals surface area contributed by atoms with E-state index in [1.807, 2.05) is 0 Å². The molecule has 1 aliphatic rings. The zero-order valence-electron chi connectivity index (χ0n) is 4.14. The third-order valence-corrected chi connectivity index (χ3v) is 0.789. The van der Waals surface area contributed by atoms with Gasteiger partial charge in [-0.2, -0.15) is 13.5 Å². The number of hydrogen-bond acceptors (Lipinski definition) is 2. The van der Waals surface area contributed by atoms with Gasteiger partial charge in [-0.15, -0.1) is 0 Å². The third kappa shape index (κ3) is 2.91. The maximum absolute atomic E-state index is 4.57. The van der Waals surface area contributed by atoms with Crippen LogP contribution < -0.4 is 0 Å². The van der Waals surface area contributed by atoms with Crippen LogP contribution in [0, 0.1) is 0 Å². The molecule has 1 fully saturated rings. The van der Waals surface area contributed by atoms with Crippen LogP contribution in [0.3, 0.4) is 0 Å². The Morgan fingerprint density at radius 2 is 1.29 bits per heavy atom. The molecule has 0 bridgehead atoms. The Balaban J connectivity index is 0.000000360. The fraction of sp³-hybridized carbons (Fsp3) is 1.00. The summed E-state index contributed by atoms with van der Waals surface area (Å²) in [6.45, 7) is 1.56. The smallest absolute Gasteiger partial charge is 0.0823 e. The number of rotatable bonds is 0. The Bertz CT molecular complexity index is 25.2. The molecule has 1 rings (SSSR count). The lowest BCUT2D eigenvalue weighted by atomic mass is 10.3. The topological polar surface area (TPSA) is 18.5 Å². The van der Waals surface area contributed by atoms with E-state index in [0.717, 1.165) is 26.1 Å². The van der Waals surface area contributed by atoms with E-state index in [9.17, 15) is 0 Å². The molecule has 0 spiro atoms. The predicted molar refractivity (Wildman–Crippen MR) is 31.5 cm³/mol. The molecule has 0 aromatic rings. The molecule has 1 saturated heterocycles. The summed E-state index contributed by atoms with van der Waals surface area (Å²) in [5, 5.41) is 0. The second-order valence-electron chi connectivity index (χ2n) is 1.35. The van der Waals surface area contributed by atoms with Gasteiger partial charge in [0.2, 0.25) is 0 Å². The molecule has 0 aromatic heterocycles. The Hall–Kier alpha value is 0.270. The molecule has 0 amide bonds. The van der Waals surface area contributed by atoms with Crippen molar-refractivity contribution < 1.29 is 9.78 Å². The molecule has 0 saturated carbocycles. The quantitative estimate of drug-likeness (QED) is 0.443. The third-order valence-electron chi connectivity index (χ3n) is 0.789. The van der Waals surface area contributed by atoms with E-state index in [1.54, 1.807) is 0 Å². The molecule has 7 heavy (non-hydrogen) atoms. The molecular weight excluding hydrogens is 112 g/mol. The minimum atomic E-state index is 0. The van der Waals surface area contributed by atoms with Crippen LogP contribution in [0.4, 0.5) is 0 Å². The maximum Gasteiger partial charge on any atom is 0.0823 e. The van der Waals surface area contributed by atoms with Crippen molar-refractivity contribution >= 4 is 13.5 Å². The SMILES string of the molecule is C1CCOOC1.S. The Labute approximate surface area is 50.2 Å².